The second-order valence-corrected chi connectivity index (χ2v) is 5.35. The number of nitrogens with zero attached hydrogens (tertiary/aromatic N) is 1. The number of aliphatic hydroxyl groups is 1. The molecule has 1 aliphatic carbocycles. The highest BCUT2D eigenvalue weighted by Crippen LogP contribution is 2.47. The molecule has 100 valence electrons. The van der Waals surface area contributed by atoms with Crippen molar-refractivity contribution >= 4 is 11.8 Å². The largest absolute Gasteiger partial charge is 0.387 e. The molecular formula is C15H17NO3. The third kappa shape index (κ3) is 2.06. The van der Waals surface area contributed by atoms with Gasteiger partial charge in [0, 0.05) is 0 Å². The van der Waals surface area contributed by atoms with Crippen LogP contribution in [-0.4, -0.2) is 28.4 Å². The lowest BCUT2D eigenvalue weighted by molar-refractivity contribution is -0.143. The summed E-state index contributed by atoms with van der Waals surface area (Å²) >= 11 is 0. The number of carbonyl (C=O) groups is 2. The fraction of sp³-hybridized carbons (Fsp3) is 0.467. The molecule has 19 heavy (non-hydrogen) atoms. The van der Waals surface area contributed by atoms with Gasteiger partial charge in [0.05, 0.1) is 24.5 Å². The number of hydrogen-bond acceptors (Lipinski definition) is 3. The first-order valence-corrected chi connectivity index (χ1v) is 6.74. The highest BCUT2D eigenvalue weighted by molar-refractivity contribution is 6.08. The molecule has 0 spiro atoms. The first-order chi connectivity index (χ1) is 9.11. The van der Waals surface area contributed by atoms with Crippen molar-refractivity contribution in [2.75, 3.05) is 6.54 Å². The Bertz CT molecular complexity index is 503. The molecule has 1 N–H and O–H groups in total. The van der Waals surface area contributed by atoms with E-state index in [-0.39, 0.29) is 30.2 Å². The summed E-state index contributed by atoms with van der Waals surface area (Å²) in [7, 11) is 0. The minimum atomic E-state index is -0.795. The fourth-order valence-electron chi connectivity index (χ4n) is 2.68. The second-order valence-electron chi connectivity index (χ2n) is 5.35. The van der Waals surface area contributed by atoms with E-state index in [9.17, 15) is 14.7 Å². The molecule has 0 aromatic heterocycles. The van der Waals surface area contributed by atoms with Crippen molar-refractivity contribution < 1.29 is 14.7 Å². The summed E-state index contributed by atoms with van der Waals surface area (Å²) in [5, 5.41) is 10.1. The van der Waals surface area contributed by atoms with Gasteiger partial charge in [-0.3, -0.25) is 14.5 Å². The third-order valence-corrected chi connectivity index (χ3v) is 4.09. The molecule has 1 saturated heterocycles. The molecule has 3 atom stereocenters. The van der Waals surface area contributed by atoms with Gasteiger partial charge in [-0.05, 0) is 24.0 Å². The van der Waals surface area contributed by atoms with Crippen molar-refractivity contribution in [3.63, 3.8) is 0 Å². The zero-order chi connectivity index (χ0) is 13.6. The van der Waals surface area contributed by atoms with Crippen molar-refractivity contribution in [1.29, 1.82) is 0 Å². The Labute approximate surface area is 112 Å². The number of aliphatic hydroxyl groups excluding tert-OH is 1. The lowest BCUT2D eigenvalue weighted by Gasteiger charge is -2.20. The number of rotatable bonds is 4. The fourth-order valence-corrected chi connectivity index (χ4v) is 2.68. The van der Waals surface area contributed by atoms with Crippen molar-refractivity contribution in [2.45, 2.75) is 25.9 Å². The molecule has 4 nitrogen and oxygen atoms in total. The topological polar surface area (TPSA) is 57.6 Å². The average Bonchev–Trinajstić information content (AvgIpc) is 3.19. The summed E-state index contributed by atoms with van der Waals surface area (Å²) in [5.41, 5.74) is 1.95. The molecule has 1 aliphatic heterocycles. The molecule has 0 bridgehead atoms. The summed E-state index contributed by atoms with van der Waals surface area (Å²) in [6.45, 7) is 2.15. The van der Waals surface area contributed by atoms with Gasteiger partial charge < -0.3 is 5.11 Å². The van der Waals surface area contributed by atoms with Crippen LogP contribution in [0.15, 0.2) is 24.3 Å². The number of amides is 2. The number of likely N-dealkylation sites (tertiary alicyclic amines) is 1. The lowest BCUT2D eigenvalue weighted by atomic mass is 10.1. The number of piperidine rings is 1. The van der Waals surface area contributed by atoms with Gasteiger partial charge in [0.2, 0.25) is 11.8 Å². The lowest BCUT2D eigenvalue weighted by Crippen LogP contribution is -2.36. The number of benzene rings is 1. The molecule has 2 fully saturated rings. The summed E-state index contributed by atoms with van der Waals surface area (Å²) in [4.78, 5) is 24.9. The number of aryl methyl sites for hydroxylation is 1. The predicted molar refractivity (Wildman–Crippen MR) is 69.1 cm³/mol. The predicted octanol–water partition coefficient (Wildman–Crippen LogP) is 1.29. The van der Waals surface area contributed by atoms with Crippen LogP contribution < -0.4 is 0 Å². The quantitative estimate of drug-likeness (QED) is 0.829. The molecule has 3 unspecified atom stereocenters. The van der Waals surface area contributed by atoms with Gasteiger partial charge in [0.15, 0.2) is 0 Å². The summed E-state index contributed by atoms with van der Waals surface area (Å²) < 4.78 is 0. The molecule has 1 saturated carbocycles. The average molecular weight is 259 g/mol. The Kier molecular flexibility index (Phi) is 2.90. The maximum atomic E-state index is 11.8. The number of fused-ring (bicyclic) bond motifs is 1. The molecule has 2 aliphatic rings. The van der Waals surface area contributed by atoms with Crippen LogP contribution in [0.2, 0.25) is 0 Å². The van der Waals surface area contributed by atoms with Crippen molar-refractivity contribution in [3.05, 3.63) is 35.4 Å². The van der Waals surface area contributed by atoms with Crippen LogP contribution in [0.5, 0.6) is 0 Å². The minimum Gasteiger partial charge on any atom is -0.387 e. The van der Waals surface area contributed by atoms with E-state index >= 15 is 0 Å². The van der Waals surface area contributed by atoms with Crippen molar-refractivity contribution in [2.24, 2.45) is 11.8 Å². The highest BCUT2D eigenvalue weighted by Gasteiger charge is 2.58. The van der Waals surface area contributed by atoms with Gasteiger partial charge in [-0.15, -0.1) is 0 Å². The Morgan fingerprint density at radius 3 is 2.32 bits per heavy atom. The Balaban J connectivity index is 1.69. The molecular weight excluding hydrogens is 242 g/mol. The van der Waals surface area contributed by atoms with Gasteiger partial charge >= 0.3 is 0 Å². The number of imide groups is 1. The van der Waals surface area contributed by atoms with Gasteiger partial charge in [0.1, 0.15) is 0 Å². The van der Waals surface area contributed by atoms with E-state index in [4.69, 9.17) is 0 Å². The standard InChI is InChI=1S/C15H17NO3/c1-2-9-3-5-10(6-4-9)13(17)8-16-14(18)11-7-12(11)15(16)19/h3-6,11-13,17H,2,7-8H2,1H3. The SMILES string of the molecule is CCc1ccc(C(O)CN2C(=O)C3CC3C2=O)cc1. The Morgan fingerprint density at radius 2 is 1.79 bits per heavy atom. The van der Waals surface area contributed by atoms with E-state index in [0.717, 1.165) is 12.0 Å². The van der Waals surface area contributed by atoms with E-state index in [2.05, 4.69) is 6.92 Å². The van der Waals surface area contributed by atoms with Crippen molar-refractivity contribution in [1.82, 2.24) is 4.90 Å². The third-order valence-electron chi connectivity index (χ3n) is 4.09. The smallest absolute Gasteiger partial charge is 0.233 e. The maximum Gasteiger partial charge on any atom is 0.233 e. The van der Waals surface area contributed by atoms with Gasteiger partial charge in [-0.25, -0.2) is 0 Å². The van der Waals surface area contributed by atoms with E-state index in [0.29, 0.717) is 6.42 Å². The molecule has 2 amide bonds. The van der Waals surface area contributed by atoms with E-state index < -0.39 is 6.10 Å². The van der Waals surface area contributed by atoms with Crippen LogP contribution in [-0.2, 0) is 16.0 Å². The van der Waals surface area contributed by atoms with Crippen molar-refractivity contribution in [3.8, 4) is 0 Å². The normalized spacial score (nSPS) is 26.5. The molecule has 1 heterocycles. The molecule has 0 radical (unpaired) electrons. The zero-order valence-corrected chi connectivity index (χ0v) is 10.9. The monoisotopic (exact) mass is 259 g/mol. The molecule has 1 aromatic carbocycles. The second kappa shape index (κ2) is 4.46. The Morgan fingerprint density at radius 1 is 1.21 bits per heavy atom. The number of carbonyl (C=O) groups excluding carboxylic acids is 2. The molecule has 3 rings (SSSR count). The van der Waals surface area contributed by atoms with E-state index in [1.165, 1.54) is 10.5 Å². The maximum absolute atomic E-state index is 11.8. The van der Waals surface area contributed by atoms with Crippen LogP contribution in [0.4, 0.5) is 0 Å². The van der Waals surface area contributed by atoms with E-state index in [1.54, 1.807) is 0 Å². The van der Waals surface area contributed by atoms with Crippen LogP contribution >= 0.6 is 0 Å². The van der Waals surface area contributed by atoms with Gasteiger partial charge in [-0.2, -0.15) is 0 Å². The number of hydrogen-bond donors (Lipinski definition) is 1. The number of β-amino-alcohol motifs (C(OH)–C–C–N with tert-alkyl or cyclic N) is 1. The Hall–Kier alpha value is -1.68. The van der Waals surface area contributed by atoms with Crippen LogP contribution in [0.1, 0.15) is 30.6 Å². The minimum absolute atomic E-state index is 0.0795. The molecule has 1 aromatic rings. The van der Waals surface area contributed by atoms with Gasteiger partial charge in [0.25, 0.3) is 0 Å². The highest BCUT2D eigenvalue weighted by atomic mass is 16.3. The summed E-state index contributed by atoms with van der Waals surface area (Å²) in [6, 6.07) is 7.64. The summed E-state index contributed by atoms with van der Waals surface area (Å²) in [6.07, 6.45) is 0.856. The summed E-state index contributed by atoms with van der Waals surface area (Å²) in [5.74, 6) is -0.414. The first-order valence-electron chi connectivity index (χ1n) is 6.74. The zero-order valence-electron chi connectivity index (χ0n) is 10.9. The van der Waals surface area contributed by atoms with Crippen LogP contribution in [0, 0.1) is 11.8 Å². The van der Waals surface area contributed by atoms with Crippen LogP contribution in [0.3, 0.4) is 0 Å². The van der Waals surface area contributed by atoms with E-state index in [1.807, 2.05) is 24.3 Å². The molecule has 4 heteroatoms. The first kappa shape index (κ1) is 12.4. The van der Waals surface area contributed by atoms with Crippen LogP contribution in [0.25, 0.3) is 0 Å². The van der Waals surface area contributed by atoms with Gasteiger partial charge in [-0.1, -0.05) is 31.2 Å².